The van der Waals surface area contributed by atoms with Gasteiger partial charge in [-0.2, -0.15) is 0 Å². The van der Waals surface area contributed by atoms with Crippen LogP contribution in [0, 0.1) is 17.8 Å². The van der Waals surface area contributed by atoms with E-state index in [2.05, 4.69) is 17.1 Å². The fourth-order valence-corrected chi connectivity index (χ4v) is 4.61. The third-order valence-corrected chi connectivity index (χ3v) is 5.82. The van der Waals surface area contributed by atoms with Crippen molar-refractivity contribution in [3.63, 3.8) is 0 Å². The molecule has 3 fully saturated rings. The first kappa shape index (κ1) is 13.4. The van der Waals surface area contributed by atoms with Gasteiger partial charge in [-0.3, -0.25) is 4.79 Å². The number of rotatable bonds is 2. The van der Waals surface area contributed by atoms with E-state index in [9.17, 15) is 4.79 Å². The second-order valence-electron chi connectivity index (χ2n) is 7.12. The molecule has 0 spiro atoms. The minimum atomic E-state index is 0.120. The van der Waals surface area contributed by atoms with Crippen molar-refractivity contribution in [2.45, 2.75) is 64.0 Å². The maximum absolute atomic E-state index is 12.8. The molecule has 3 aliphatic rings. The largest absolute Gasteiger partial charge is 0.341 e. The van der Waals surface area contributed by atoms with Gasteiger partial charge >= 0.3 is 0 Å². The van der Waals surface area contributed by atoms with Crippen LogP contribution in [-0.4, -0.2) is 36.5 Å². The Hall–Kier alpha value is -0.570. The van der Waals surface area contributed by atoms with Gasteiger partial charge in [0.05, 0.1) is 6.04 Å². The molecule has 2 aliphatic carbocycles. The number of hydrogen-bond donors (Lipinski definition) is 1. The van der Waals surface area contributed by atoms with E-state index in [0.717, 1.165) is 18.4 Å². The van der Waals surface area contributed by atoms with Crippen molar-refractivity contribution in [2.75, 3.05) is 13.6 Å². The molecule has 108 valence electrons. The van der Waals surface area contributed by atoms with Gasteiger partial charge < -0.3 is 10.2 Å². The standard InChI is InChI=1S/C16H28N2O/c1-11-5-3-7-13(9-11)18(2)16(19)15-14-8-4-6-12(14)10-17-15/h11-15,17H,3-10H2,1-2H3. The molecule has 0 bridgehead atoms. The molecule has 1 amide bonds. The van der Waals surface area contributed by atoms with E-state index in [1.807, 2.05) is 7.05 Å². The summed E-state index contributed by atoms with van der Waals surface area (Å²) in [6.07, 6.45) is 8.93. The van der Waals surface area contributed by atoms with Crippen LogP contribution in [0.3, 0.4) is 0 Å². The van der Waals surface area contributed by atoms with E-state index in [1.165, 1.54) is 44.9 Å². The highest BCUT2D eigenvalue weighted by Crippen LogP contribution is 2.38. The molecule has 3 rings (SSSR count). The SMILES string of the molecule is CC1CCCC(N(C)C(=O)C2NCC3CCCC32)C1. The molecule has 0 aromatic carbocycles. The fourth-order valence-electron chi connectivity index (χ4n) is 4.61. The molecule has 3 heteroatoms. The quantitative estimate of drug-likeness (QED) is 0.830. The van der Waals surface area contributed by atoms with Gasteiger partial charge in [-0.15, -0.1) is 0 Å². The summed E-state index contributed by atoms with van der Waals surface area (Å²) in [4.78, 5) is 14.8. The minimum Gasteiger partial charge on any atom is -0.341 e. The normalized spacial score (nSPS) is 42.1. The number of nitrogens with zero attached hydrogens (tertiary/aromatic N) is 1. The van der Waals surface area contributed by atoms with Crippen LogP contribution in [0.4, 0.5) is 0 Å². The van der Waals surface area contributed by atoms with Crippen LogP contribution < -0.4 is 5.32 Å². The average molecular weight is 264 g/mol. The molecule has 5 unspecified atom stereocenters. The van der Waals surface area contributed by atoms with Crippen LogP contribution in [0.15, 0.2) is 0 Å². The van der Waals surface area contributed by atoms with Gasteiger partial charge in [0.15, 0.2) is 0 Å². The number of fused-ring (bicyclic) bond motifs is 1. The van der Waals surface area contributed by atoms with Crippen molar-refractivity contribution >= 4 is 5.91 Å². The Morgan fingerprint density at radius 3 is 2.74 bits per heavy atom. The summed E-state index contributed by atoms with van der Waals surface area (Å²) in [5, 5.41) is 3.50. The highest BCUT2D eigenvalue weighted by atomic mass is 16.2. The Bertz CT molecular complexity index is 344. The van der Waals surface area contributed by atoms with Gasteiger partial charge in [0, 0.05) is 13.1 Å². The zero-order chi connectivity index (χ0) is 13.4. The molecule has 3 nitrogen and oxygen atoms in total. The number of nitrogens with one attached hydrogen (secondary N) is 1. The summed E-state index contributed by atoms with van der Waals surface area (Å²) in [6, 6.07) is 0.605. The second-order valence-corrected chi connectivity index (χ2v) is 7.12. The molecule has 1 saturated heterocycles. The predicted octanol–water partition coefficient (Wildman–Crippen LogP) is 2.41. The van der Waals surface area contributed by atoms with Crippen LogP contribution >= 0.6 is 0 Å². The maximum Gasteiger partial charge on any atom is 0.239 e. The van der Waals surface area contributed by atoms with Crippen molar-refractivity contribution in [1.82, 2.24) is 10.2 Å². The number of likely N-dealkylation sites (N-methyl/N-ethyl adjacent to an activating group) is 1. The Labute approximate surface area is 117 Å². The van der Waals surface area contributed by atoms with Crippen LogP contribution in [0.25, 0.3) is 0 Å². The topological polar surface area (TPSA) is 32.3 Å². The van der Waals surface area contributed by atoms with E-state index in [4.69, 9.17) is 0 Å². The van der Waals surface area contributed by atoms with E-state index in [1.54, 1.807) is 0 Å². The third-order valence-electron chi connectivity index (χ3n) is 5.82. The zero-order valence-electron chi connectivity index (χ0n) is 12.4. The van der Waals surface area contributed by atoms with Crippen LogP contribution in [-0.2, 0) is 4.79 Å². The molecule has 1 N–H and O–H groups in total. The van der Waals surface area contributed by atoms with E-state index in [-0.39, 0.29) is 6.04 Å². The molecule has 0 radical (unpaired) electrons. The number of carbonyl (C=O) groups is 1. The molecule has 5 atom stereocenters. The summed E-state index contributed by atoms with van der Waals surface area (Å²) in [5.41, 5.74) is 0. The van der Waals surface area contributed by atoms with Gasteiger partial charge in [-0.25, -0.2) is 0 Å². The molecule has 1 aliphatic heterocycles. The molecule has 2 saturated carbocycles. The first-order valence-electron chi connectivity index (χ1n) is 8.17. The van der Waals surface area contributed by atoms with Crippen LogP contribution in [0.1, 0.15) is 51.9 Å². The van der Waals surface area contributed by atoms with Gasteiger partial charge in [0.25, 0.3) is 0 Å². The lowest BCUT2D eigenvalue weighted by Crippen LogP contribution is -2.49. The van der Waals surface area contributed by atoms with Gasteiger partial charge in [0.2, 0.25) is 5.91 Å². The third kappa shape index (κ3) is 2.54. The maximum atomic E-state index is 12.8. The molecule has 19 heavy (non-hydrogen) atoms. The van der Waals surface area contributed by atoms with E-state index < -0.39 is 0 Å². The van der Waals surface area contributed by atoms with Crippen molar-refractivity contribution in [2.24, 2.45) is 17.8 Å². The van der Waals surface area contributed by atoms with Crippen LogP contribution in [0.2, 0.25) is 0 Å². The lowest BCUT2D eigenvalue weighted by molar-refractivity contribution is -0.135. The molecular formula is C16H28N2O. The molecule has 0 aromatic rings. The lowest BCUT2D eigenvalue weighted by Gasteiger charge is -2.36. The average Bonchev–Trinajstić information content (AvgIpc) is 2.99. The van der Waals surface area contributed by atoms with E-state index >= 15 is 0 Å². The molecular weight excluding hydrogens is 236 g/mol. The summed E-state index contributed by atoms with van der Waals surface area (Å²) in [6.45, 7) is 3.39. The van der Waals surface area contributed by atoms with Crippen molar-refractivity contribution in [3.8, 4) is 0 Å². The first-order chi connectivity index (χ1) is 9.16. The minimum absolute atomic E-state index is 0.120. The smallest absolute Gasteiger partial charge is 0.239 e. The van der Waals surface area contributed by atoms with Crippen molar-refractivity contribution in [3.05, 3.63) is 0 Å². The summed E-state index contributed by atoms with van der Waals surface area (Å²) >= 11 is 0. The summed E-state index contributed by atoms with van der Waals surface area (Å²) in [5.74, 6) is 2.54. The fraction of sp³-hybridized carbons (Fsp3) is 0.938. The van der Waals surface area contributed by atoms with Crippen molar-refractivity contribution < 1.29 is 4.79 Å². The van der Waals surface area contributed by atoms with Gasteiger partial charge in [0.1, 0.15) is 0 Å². The highest BCUT2D eigenvalue weighted by molar-refractivity contribution is 5.82. The monoisotopic (exact) mass is 264 g/mol. The lowest BCUT2D eigenvalue weighted by atomic mass is 9.85. The Kier molecular flexibility index (Phi) is 3.84. The zero-order valence-corrected chi connectivity index (χ0v) is 12.4. The molecule has 0 aromatic heterocycles. The Morgan fingerprint density at radius 2 is 1.95 bits per heavy atom. The van der Waals surface area contributed by atoms with Gasteiger partial charge in [-0.05, 0) is 50.0 Å². The van der Waals surface area contributed by atoms with Crippen molar-refractivity contribution in [1.29, 1.82) is 0 Å². The predicted molar refractivity (Wildman–Crippen MR) is 76.8 cm³/mol. The highest BCUT2D eigenvalue weighted by Gasteiger charge is 2.44. The summed E-state index contributed by atoms with van der Waals surface area (Å²) in [7, 11) is 2.04. The summed E-state index contributed by atoms with van der Waals surface area (Å²) < 4.78 is 0. The first-order valence-corrected chi connectivity index (χ1v) is 8.17. The van der Waals surface area contributed by atoms with E-state index in [0.29, 0.717) is 17.9 Å². The number of hydrogen-bond acceptors (Lipinski definition) is 2. The Morgan fingerprint density at radius 1 is 1.16 bits per heavy atom. The number of carbonyl (C=O) groups excluding carboxylic acids is 1. The van der Waals surface area contributed by atoms with Crippen LogP contribution in [0.5, 0.6) is 0 Å². The molecule has 1 heterocycles. The Balaban J connectivity index is 1.63. The second kappa shape index (κ2) is 5.43. The van der Waals surface area contributed by atoms with Gasteiger partial charge in [-0.1, -0.05) is 26.2 Å². The number of amides is 1.